The Labute approximate surface area is 152 Å². The minimum absolute atomic E-state index is 0.773. The summed E-state index contributed by atoms with van der Waals surface area (Å²) >= 11 is 0. The lowest BCUT2D eigenvalue weighted by molar-refractivity contribution is 0.413. The van der Waals surface area contributed by atoms with Crippen LogP contribution in [0.5, 0.6) is 5.75 Å². The lowest BCUT2D eigenvalue weighted by Crippen LogP contribution is -1.96. The monoisotopic (exact) mass is 344 g/mol. The molecule has 1 N–H and O–H groups in total. The van der Waals surface area contributed by atoms with Crippen molar-refractivity contribution in [2.24, 2.45) is 0 Å². The van der Waals surface area contributed by atoms with Crippen LogP contribution in [0.1, 0.15) is 11.4 Å². The third-order valence-corrected chi connectivity index (χ3v) is 4.39. The molecule has 26 heavy (non-hydrogen) atoms. The lowest BCUT2D eigenvalue weighted by atomic mass is 10.1. The highest BCUT2D eigenvalue weighted by atomic mass is 16.5. The van der Waals surface area contributed by atoms with Gasteiger partial charge in [-0.05, 0) is 37.6 Å². The van der Waals surface area contributed by atoms with Crippen molar-refractivity contribution >= 4 is 0 Å². The van der Waals surface area contributed by atoms with Gasteiger partial charge in [-0.3, -0.25) is 0 Å². The second-order valence-corrected chi connectivity index (χ2v) is 6.22. The summed E-state index contributed by atoms with van der Waals surface area (Å²) in [5, 5.41) is 0. The van der Waals surface area contributed by atoms with Crippen LogP contribution in [-0.2, 0) is 0 Å². The fraction of sp³-hybridized carbons (Fsp3) is 0.143. The van der Waals surface area contributed by atoms with E-state index in [1.807, 2.05) is 61.0 Å². The Kier molecular flexibility index (Phi) is 4.05. The summed E-state index contributed by atoms with van der Waals surface area (Å²) < 4.78 is 7.56. The van der Waals surface area contributed by atoms with Crippen LogP contribution in [0.4, 0.5) is 0 Å². The molecule has 0 aliphatic heterocycles. The molecule has 130 valence electrons. The molecule has 0 aliphatic rings. The second-order valence-electron chi connectivity index (χ2n) is 6.22. The molecule has 0 radical (unpaired) electrons. The molecule has 0 bridgehead atoms. The van der Waals surface area contributed by atoms with Crippen molar-refractivity contribution in [3.05, 3.63) is 72.4 Å². The number of nitrogens with zero attached hydrogens (tertiary/aromatic N) is 3. The number of ether oxygens (including phenoxy) is 1. The fourth-order valence-corrected chi connectivity index (χ4v) is 3.07. The molecular weight excluding hydrogens is 324 g/mol. The number of hydrogen-bond acceptors (Lipinski definition) is 3. The van der Waals surface area contributed by atoms with Crippen LogP contribution in [-0.4, -0.2) is 26.6 Å². The van der Waals surface area contributed by atoms with E-state index in [2.05, 4.69) is 22.1 Å². The molecule has 5 nitrogen and oxygen atoms in total. The number of aryl methyl sites for hydroxylation is 2. The molecule has 0 aliphatic carbocycles. The van der Waals surface area contributed by atoms with Gasteiger partial charge in [-0.2, -0.15) is 0 Å². The molecule has 0 amide bonds. The molecule has 2 aromatic carbocycles. The molecular formula is C21H20N4O. The van der Waals surface area contributed by atoms with Crippen LogP contribution in [0, 0.1) is 13.8 Å². The van der Waals surface area contributed by atoms with Gasteiger partial charge in [-0.1, -0.05) is 30.3 Å². The highest BCUT2D eigenvalue weighted by molar-refractivity contribution is 5.69. The van der Waals surface area contributed by atoms with Crippen LogP contribution in [0.2, 0.25) is 0 Å². The summed E-state index contributed by atoms with van der Waals surface area (Å²) in [4.78, 5) is 12.4. The van der Waals surface area contributed by atoms with Gasteiger partial charge in [-0.15, -0.1) is 0 Å². The zero-order valence-electron chi connectivity index (χ0n) is 15.0. The first-order valence-corrected chi connectivity index (χ1v) is 8.47. The van der Waals surface area contributed by atoms with E-state index in [0.717, 1.165) is 45.5 Å². The van der Waals surface area contributed by atoms with Gasteiger partial charge in [0.05, 0.1) is 36.2 Å². The molecule has 2 aromatic heterocycles. The highest BCUT2D eigenvalue weighted by Gasteiger charge is 2.13. The summed E-state index contributed by atoms with van der Waals surface area (Å²) in [6, 6.07) is 16.3. The van der Waals surface area contributed by atoms with Gasteiger partial charge in [0.15, 0.2) is 0 Å². The highest BCUT2D eigenvalue weighted by Crippen LogP contribution is 2.31. The summed E-state index contributed by atoms with van der Waals surface area (Å²) in [6.45, 7) is 3.98. The fourth-order valence-electron chi connectivity index (χ4n) is 3.07. The van der Waals surface area contributed by atoms with Crippen molar-refractivity contribution < 1.29 is 4.74 Å². The second kappa shape index (κ2) is 6.52. The van der Waals surface area contributed by atoms with E-state index in [1.165, 1.54) is 0 Å². The average molecular weight is 344 g/mol. The summed E-state index contributed by atoms with van der Waals surface area (Å²) in [7, 11) is 1.68. The number of imidazole rings is 2. The van der Waals surface area contributed by atoms with Crippen molar-refractivity contribution in [3.63, 3.8) is 0 Å². The zero-order chi connectivity index (χ0) is 18.1. The number of nitrogens with one attached hydrogen (secondary N) is 1. The van der Waals surface area contributed by atoms with Gasteiger partial charge < -0.3 is 14.3 Å². The Balaban J connectivity index is 1.75. The van der Waals surface area contributed by atoms with E-state index in [4.69, 9.17) is 9.72 Å². The largest absolute Gasteiger partial charge is 0.495 e. The third-order valence-electron chi connectivity index (χ3n) is 4.39. The van der Waals surface area contributed by atoms with Crippen LogP contribution in [0.3, 0.4) is 0 Å². The number of H-pyrrole nitrogens is 1. The van der Waals surface area contributed by atoms with Gasteiger partial charge in [0.2, 0.25) is 0 Å². The first kappa shape index (κ1) is 16.1. The Morgan fingerprint density at radius 3 is 2.50 bits per heavy atom. The molecule has 0 saturated heterocycles. The third kappa shape index (κ3) is 2.88. The van der Waals surface area contributed by atoms with E-state index in [0.29, 0.717) is 0 Å². The Bertz CT molecular complexity index is 1050. The SMILES string of the molecule is COc1cc(-c2nc(C)c(-c3ccccc3)[nH]2)ccc1-n1cnc(C)c1. The summed E-state index contributed by atoms with van der Waals surface area (Å²) in [5.74, 6) is 1.60. The molecule has 0 saturated carbocycles. The van der Waals surface area contributed by atoms with Crippen molar-refractivity contribution in [2.45, 2.75) is 13.8 Å². The maximum atomic E-state index is 5.60. The maximum Gasteiger partial charge on any atom is 0.143 e. The van der Waals surface area contributed by atoms with Gasteiger partial charge in [0.25, 0.3) is 0 Å². The standard InChI is InChI=1S/C21H20N4O/c1-14-12-25(13-22-14)18-10-9-17(11-19(18)26-3)21-23-15(2)20(24-21)16-7-5-4-6-8-16/h4-13H,1-3H3,(H,23,24). The molecule has 0 spiro atoms. The predicted octanol–water partition coefficient (Wildman–Crippen LogP) is 4.55. The number of rotatable bonds is 4. The van der Waals surface area contributed by atoms with Crippen LogP contribution in [0.15, 0.2) is 61.1 Å². The molecule has 5 heteroatoms. The van der Waals surface area contributed by atoms with Crippen LogP contribution in [0.25, 0.3) is 28.3 Å². The number of aromatic nitrogens is 4. The van der Waals surface area contributed by atoms with Crippen LogP contribution >= 0.6 is 0 Å². The van der Waals surface area contributed by atoms with E-state index in [9.17, 15) is 0 Å². The minimum atomic E-state index is 0.773. The van der Waals surface area contributed by atoms with E-state index >= 15 is 0 Å². The Hall–Kier alpha value is -3.34. The number of methoxy groups -OCH3 is 1. The number of hydrogen-bond donors (Lipinski definition) is 1. The van der Waals surface area contributed by atoms with Gasteiger partial charge >= 0.3 is 0 Å². The number of benzene rings is 2. The average Bonchev–Trinajstić information content (AvgIpc) is 3.27. The maximum absolute atomic E-state index is 5.60. The van der Waals surface area contributed by atoms with Gasteiger partial charge in [0.1, 0.15) is 11.6 Å². The van der Waals surface area contributed by atoms with Crippen molar-refractivity contribution in [1.82, 2.24) is 19.5 Å². The summed E-state index contributed by atoms with van der Waals surface area (Å²) in [5.41, 5.74) is 6.02. The van der Waals surface area contributed by atoms with E-state index < -0.39 is 0 Å². The first-order valence-electron chi connectivity index (χ1n) is 8.47. The smallest absolute Gasteiger partial charge is 0.143 e. The summed E-state index contributed by atoms with van der Waals surface area (Å²) in [6.07, 6.45) is 3.76. The number of aromatic amines is 1. The zero-order valence-corrected chi connectivity index (χ0v) is 15.0. The van der Waals surface area contributed by atoms with E-state index in [-0.39, 0.29) is 0 Å². The minimum Gasteiger partial charge on any atom is -0.495 e. The molecule has 2 heterocycles. The Morgan fingerprint density at radius 2 is 1.81 bits per heavy atom. The van der Waals surface area contributed by atoms with Crippen molar-refractivity contribution in [3.8, 4) is 34.1 Å². The Morgan fingerprint density at radius 1 is 1.00 bits per heavy atom. The quantitative estimate of drug-likeness (QED) is 0.591. The van der Waals surface area contributed by atoms with Gasteiger partial charge in [0, 0.05) is 11.8 Å². The lowest BCUT2D eigenvalue weighted by Gasteiger charge is -2.10. The molecule has 0 unspecified atom stereocenters. The van der Waals surface area contributed by atoms with Crippen LogP contribution < -0.4 is 4.74 Å². The normalized spacial score (nSPS) is 10.9. The topological polar surface area (TPSA) is 55.7 Å². The molecule has 0 fully saturated rings. The van der Waals surface area contributed by atoms with Crippen molar-refractivity contribution in [1.29, 1.82) is 0 Å². The molecule has 4 rings (SSSR count). The predicted molar refractivity (Wildman–Crippen MR) is 103 cm³/mol. The molecule has 4 aromatic rings. The van der Waals surface area contributed by atoms with Crippen molar-refractivity contribution in [2.75, 3.05) is 7.11 Å². The molecule has 0 atom stereocenters. The first-order chi connectivity index (χ1) is 12.7. The van der Waals surface area contributed by atoms with Gasteiger partial charge in [-0.25, -0.2) is 9.97 Å². The van der Waals surface area contributed by atoms with E-state index in [1.54, 1.807) is 13.4 Å².